The van der Waals surface area contributed by atoms with Crippen LogP contribution in [0.5, 0.6) is 11.5 Å². The van der Waals surface area contributed by atoms with Gasteiger partial charge in [0.1, 0.15) is 0 Å². The zero-order valence-electron chi connectivity index (χ0n) is 16.3. The molecular formula is C21H25NO5. The van der Waals surface area contributed by atoms with Crippen LogP contribution in [-0.4, -0.2) is 31.2 Å². The minimum Gasteiger partial charge on any atom is -0.493 e. The van der Waals surface area contributed by atoms with Crippen molar-refractivity contribution in [3.05, 3.63) is 52.6 Å². The topological polar surface area (TPSA) is 84.9 Å². The van der Waals surface area contributed by atoms with Gasteiger partial charge in [-0.15, -0.1) is 0 Å². The van der Waals surface area contributed by atoms with Crippen LogP contribution in [0.2, 0.25) is 0 Å². The van der Waals surface area contributed by atoms with Crippen molar-refractivity contribution >= 4 is 17.6 Å². The monoisotopic (exact) mass is 371 g/mol. The quantitative estimate of drug-likeness (QED) is 0.772. The number of aromatic carboxylic acids is 1. The Morgan fingerprint density at radius 3 is 2.30 bits per heavy atom. The molecule has 1 unspecified atom stereocenters. The summed E-state index contributed by atoms with van der Waals surface area (Å²) >= 11 is 0. The maximum absolute atomic E-state index is 12.6. The van der Waals surface area contributed by atoms with Crippen molar-refractivity contribution in [2.75, 3.05) is 19.5 Å². The number of aryl methyl sites for hydroxylation is 2. The minimum atomic E-state index is -1.01. The Labute approximate surface area is 159 Å². The number of carboxylic acid groups (broad SMARTS) is 1. The van der Waals surface area contributed by atoms with Gasteiger partial charge in [-0.1, -0.05) is 19.1 Å². The SMILES string of the molecule is COc1ccc(CC(C)C(=O)Nc2cc(C(=O)O)c(C)cc2C)cc1OC. The number of carbonyl (C=O) groups excluding carboxylic acids is 1. The first-order chi connectivity index (χ1) is 12.8. The van der Waals surface area contributed by atoms with Gasteiger partial charge in [0.15, 0.2) is 11.5 Å². The molecule has 6 heteroatoms. The van der Waals surface area contributed by atoms with Crippen molar-refractivity contribution in [2.45, 2.75) is 27.2 Å². The number of nitrogens with one attached hydrogen (secondary N) is 1. The summed E-state index contributed by atoms with van der Waals surface area (Å²) in [6.07, 6.45) is 0.517. The van der Waals surface area contributed by atoms with E-state index in [-0.39, 0.29) is 17.4 Å². The van der Waals surface area contributed by atoms with E-state index >= 15 is 0 Å². The predicted octanol–water partition coefficient (Wildman–Crippen LogP) is 3.84. The Balaban J connectivity index is 2.14. The van der Waals surface area contributed by atoms with Gasteiger partial charge in [-0.05, 0) is 55.2 Å². The molecule has 1 atom stereocenters. The number of carboxylic acids is 1. The van der Waals surface area contributed by atoms with E-state index in [1.54, 1.807) is 27.2 Å². The molecule has 0 fully saturated rings. The summed E-state index contributed by atoms with van der Waals surface area (Å²) in [5.74, 6) is -0.246. The van der Waals surface area contributed by atoms with Gasteiger partial charge in [0, 0.05) is 11.6 Å². The smallest absolute Gasteiger partial charge is 0.336 e. The second kappa shape index (κ2) is 8.58. The molecule has 0 bridgehead atoms. The van der Waals surface area contributed by atoms with Crippen LogP contribution in [0.3, 0.4) is 0 Å². The summed E-state index contributed by atoms with van der Waals surface area (Å²) in [4.78, 5) is 23.9. The second-order valence-electron chi connectivity index (χ2n) is 6.57. The average molecular weight is 371 g/mol. The summed E-state index contributed by atoms with van der Waals surface area (Å²) < 4.78 is 10.5. The number of hydrogen-bond acceptors (Lipinski definition) is 4. The maximum atomic E-state index is 12.6. The van der Waals surface area contributed by atoms with Crippen LogP contribution in [0, 0.1) is 19.8 Å². The van der Waals surface area contributed by atoms with Crippen LogP contribution >= 0.6 is 0 Å². The van der Waals surface area contributed by atoms with E-state index in [0.29, 0.717) is 29.2 Å². The fourth-order valence-electron chi connectivity index (χ4n) is 2.93. The van der Waals surface area contributed by atoms with E-state index in [2.05, 4.69) is 5.32 Å². The highest BCUT2D eigenvalue weighted by molar-refractivity contribution is 5.96. The molecule has 1 amide bonds. The third-order valence-corrected chi connectivity index (χ3v) is 4.50. The summed E-state index contributed by atoms with van der Waals surface area (Å²) in [5.41, 5.74) is 3.13. The molecule has 2 aromatic rings. The van der Waals surface area contributed by atoms with Crippen molar-refractivity contribution in [1.29, 1.82) is 0 Å². The summed E-state index contributed by atoms with van der Waals surface area (Å²) in [6.45, 7) is 5.41. The van der Waals surface area contributed by atoms with Crippen molar-refractivity contribution in [1.82, 2.24) is 0 Å². The second-order valence-corrected chi connectivity index (χ2v) is 6.57. The van der Waals surface area contributed by atoms with Gasteiger partial charge in [-0.2, -0.15) is 0 Å². The minimum absolute atomic E-state index is 0.173. The Morgan fingerprint density at radius 1 is 1.04 bits per heavy atom. The fraction of sp³-hybridized carbons (Fsp3) is 0.333. The Morgan fingerprint density at radius 2 is 1.70 bits per heavy atom. The van der Waals surface area contributed by atoms with E-state index in [0.717, 1.165) is 11.1 Å². The first-order valence-electron chi connectivity index (χ1n) is 8.63. The molecule has 0 aliphatic carbocycles. The first-order valence-corrected chi connectivity index (χ1v) is 8.63. The Hall–Kier alpha value is -3.02. The van der Waals surface area contributed by atoms with Crippen LogP contribution in [0.25, 0.3) is 0 Å². The number of carbonyl (C=O) groups is 2. The normalized spacial score (nSPS) is 11.6. The van der Waals surface area contributed by atoms with Crippen molar-refractivity contribution in [3.8, 4) is 11.5 Å². The lowest BCUT2D eigenvalue weighted by atomic mass is 9.99. The van der Waals surface area contributed by atoms with Crippen LogP contribution in [0.4, 0.5) is 5.69 Å². The first kappa shape index (κ1) is 20.3. The largest absolute Gasteiger partial charge is 0.493 e. The van der Waals surface area contributed by atoms with E-state index in [1.165, 1.54) is 6.07 Å². The molecule has 0 radical (unpaired) electrons. The van der Waals surface area contributed by atoms with Gasteiger partial charge < -0.3 is 19.9 Å². The average Bonchev–Trinajstić information content (AvgIpc) is 2.63. The zero-order valence-corrected chi connectivity index (χ0v) is 16.3. The number of hydrogen-bond donors (Lipinski definition) is 2. The van der Waals surface area contributed by atoms with Gasteiger partial charge in [0.25, 0.3) is 0 Å². The Kier molecular flexibility index (Phi) is 6.45. The van der Waals surface area contributed by atoms with Crippen LogP contribution in [0.15, 0.2) is 30.3 Å². The zero-order chi connectivity index (χ0) is 20.1. The highest BCUT2D eigenvalue weighted by Crippen LogP contribution is 2.29. The van der Waals surface area contributed by atoms with Crippen molar-refractivity contribution in [3.63, 3.8) is 0 Å². The molecule has 144 valence electrons. The number of amides is 1. The molecule has 6 nitrogen and oxygen atoms in total. The number of rotatable bonds is 7. The number of ether oxygens (including phenoxy) is 2. The number of benzene rings is 2. The predicted molar refractivity (Wildman–Crippen MR) is 104 cm³/mol. The van der Waals surface area contributed by atoms with Gasteiger partial charge in [0.2, 0.25) is 5.91 Å². The molecule has 2 rings (SSSR count). The fourth-order valence-corrected chi connectivity index (χ4v) is 2.93. The highest BCUT2D eigenvalue weighted by Gasteiger charge is 2.18. The molecule has 0 spiro atoms. The maximum Gasteiger partial charge on any atom is 0.336 e. The lowest BCUT2D eigenvalue weighted by Gasteiger charge is -2.16. The van der Waals surface area contributed by atoms with Crippen LogP contribution in [-0.2, 0) is 11.2 Å². The lowest BCUT2D eigenvalue weighted by Crippen LogP contribution is -2.23. The van der Waals surface area contributed by atoms with Crippen LogP contribution in [0.1, 0.15) is 34.0 Å². The third kappa shape index (κ3) is 4.78. The molecule has 0 saturated heterocycles. The molecule has 27 heavy (non-hydrogen) atoms. The molecule has 0 saturated carbocycles. The molecule has 0 aromatic heterocycles. The van der Waals surface area contributed by atoms with Crippen molar-refractivity contribution < 1.29 is 24.2 Å². The van der Waals surface area contributed by atoms with E-state index in [9.17, 15) is 14.7 Å². The van der Waals surface area contributed by atoms with Gasteiger partial charge in [0.05, 0.1) is 19.8 Å². The standard InChI is InChI=1S/C21H25NO5/c1-12-8-13(2)17(11-16(12)21(24)25)22-20(23)14(3)9-15-6-7-18(26-4)19(10-15)27-5/h6-8,10-11,14H,9H2,1-5H3,(H,22,23)(H,24,25). The van der Waals surface area contributed by atoms with E-state index < -0.39 is 5.97 Å². The highest BCUT2D eigenvalue weighted by atomic mass is 16.5. The Bertz CT molecular complexity index is 860. The molecule has 2 aromatic carbocycles. The lowest BCUT2D eigenvalue weighted by molar-refractivity contribution is -0.119. The van der Waals surface area contributed by atoms with Gasteiger partial charge >= 0.3 is 5.97 Å². The van der Waals surface area contributed by atoms with Gasteiger partial charge in [-0.3, -0.25) is 4.79 Å². The number of anilines is 1. The van der Waals surface area contributed by atoms with Crippen molar-refractivity contribution in [2.24, 2.45) is 5.92 Å². The molecule has 0 aliphatic rings. The summed E-state index contributed by atoms with van der Waals surface area (Å²) in [7, 11) is 3.14. The summed E-state index contributed by atoms with van der Waals surface area (Å²) in [5, 5.41) is 12.1. The molecule has 0 heterocycles. The van der Waals surface area contributed by atoms with E-state index in [1.807, 2.05) is 32.0 Å². The van der Waals surface area contributed by atoms with E-state index in [4.69, 9.17) is 9.47 Å². The number of methoxy groups -OCH3 is 2. The molecule has 2 N–H and O–H groups in total. The summed E-state index contributed by atoms with van der Waals surface area (Å²) in [6, 6.07) is 8.82. The van der Waals surface area contributed by atoms with Crippen LogP contribution < -0.4 is 14.8 Å². The molecule has 0 aliphatic heterocycles. The third-order valence-electron chi connectivity index (χ3n) is 4.50. The van der Waals surface area contributed by atoms with Gasteiger partial charge in [-0.25, -0.2) is 4.79 Å². The molecular weight excluding hydrogens is 346 g/mol.